The van der Waals surface area contributed by atoms with Gasteiger partial charge in [0.05, 0.1) is 5.56 Å². The number of aromatic amines is 1. The van der Waals surface area contributed by atoms with Crippen LogP contribution in [0.15, 0.2) is 9.59 Å². The highest BCUT2D eigenvalue weighted by Crippen LogP contribution is 2.26. The average Bonchev–Trinajstić information content (AvgIpc) is 2.30. The molecule has 1 aliphatic heterocycles. The topological polar surface area (TPSA) is 58.1 Å². The summed E-state index contributed by atoms with van der Waals surface area (Å²) in [6, 6.07) is -0.0581. The van der Waals surface area contributed by atoms with E-state index in [0.29, 0.717) is 5.56 Å². The Morgan fingerprint density at radius 2 is 2.00 bits per heavy atom. The van der Waals surface area contributed by atoms with Crippen molar-refractivity contribution in [1.29, 1.82) is 0 Å². The van der Waals surface area contributed by atoms with E-state index >= 15 is 0 Å². The molecule has 1 aromatic rings. The molecule has 5 nitrogen and oxygen atoms in total. The van der Waals surface area contributed by atoms with Crippen molar-refractivity contribution in [3.05, 3.63) is 31.6 Å². The predicted molar refractivity (Wildman–Crippen MR) is 80.7 cm³/mol. The minimum Gasteiger partial charge on any atom is -0.306 e. The molecule has 1 aromatic heterocycles. The number of nitrogens with one attached hydrogen (secondary N) is 1. The van der Waals surface area contributed by atoms with Gasteiger partial charge in [-0.3, -0.25) is 14.3 Å². The summed E-state index contributed by atoms with van der Waals surface area (Å²) in [7, 11) is 2.06. The van der Waals surface area contributed by atoms with Crippen molar-refractivity contribution in [3.63, 3.8) is 0 Å². The molecule has 0 saturated carbocycles. The van der Waals surface area contributed by atoms with E-state index in [4.69, 9.17) is 11.6 Å². The lowest BCUT2D eigenvalue weighted by Gasteiger charge is -2.35. The second kappa shape index (κ2) is 5.74. The van der Waals surface area contributed by atoms with Crippen LogP contribution in [0.4, 0.5) is 0 Å². The Morgan fingerprint density at radius 3 is 2.55 bits per heavy atom. The lowest BCUT2D eigenvalue weighted by molar-refractivity contribution is 0.153. The molecule has 2 atom stereocenters. The van der Waals surface area contributed by atoms with Crippen LogP contribution in [0.25, 0.3) is 0 Å². The molecule has 0 bridgehead atoms. The summed E-state index contributed by atoms with van der Waals surface area (Å²) < 4.78 is 1.37. The van der Waals surface area contributed by atoms with Gasteiger partial charge in [-0.05, 0) is 31.8 Å². The SMILES string of the molecule is CC(C)c1c(Cl)[nH]c(=O)n(C2CCN(C)CC2C)c1=O. The van der Waals surface area contributed by atoms with Crippen molar-refractivity contribution in [1.82, 2.24) is 14.5 Å². The number of piperidine rings is 1. The van der Waals surface area contributed by atoms with Crippen LogP contribution in [0, 0.1) is 5.92 Å². The number of nitrogens with zero attached hydrogens (tertiary/aromatic N) is 2. The van der Waals surface area contributed by atoms with Crippen LogP contribution in [0.1, 0.15) is 44.7 Å². The lowest BCUT2D eigenvalue weighted by atomic mass is 9.93. The maximum absolute atomic E-state index is 12.6. The van der Waals surface area contributed by atoms with Crippen molar-refractivity contribution in [3.8, 4) is 0 Å². The van der Waals surface area contributed by atoms with Crippen molar-refractivity contribution < 1.29 is 0 Å². The van der Waals surface area contributed by atoms with Gasteiger partial charge in [-0.15, -0.1) is 0 Å². The van der Waals surface area contributed by atoms with Gasteiger partial charge in [-0.25, -0.2) is 4.79 Å². The van der Waals surface area contributed by atoms with E-state index < -0.39 is 5.69 Å². The number of hydrogen-bond donors (Lipinski definition) is 1. The zero-order chi connectivity index (χ0) is 15.0. The average molecular weight is 300 g/mol. The van der Waals surface area contributed by atoms with E-state index in [1.807, 2.05) is 13.8 Å². The molecule has 0 aromatic carbocycles. The smallest absolute Gasteiger partial charge is 0.306 e. The molecule has 1 fully saturated rings. The van der Waals surface area contributed by atoms with Crippen molar-refractivity contribution >= 4 is 11.6 Å². The van der Waals surface area contributed by atoms with Crippen LogP contribution in [0.5, 0.6) is 0 Å². The third-order valence-corrected chi connectivity index (χ3v) is 4.39. The Bertz CT molecular complexity index is 605. The Balaban J connectivity index is 2.55. The third kappa shape index (κ3) is 2.69. The van der Waals surface area contributed by atoms with Crippen LogP contribution in [0.2, 0.25) is 5.15 Å². The summed E-state index contributed by atoms with van der Waals surface area (Å²) in [6.07, 6.45) is 0.805. The van der Waals surface area contributed by atoms with Crippen LogP contribution < -0.4 is 11.2 Å². The van der Waals surface area contributed by atoms with E-state index in [9.17, 15) is 9.59 Å². The Morgan fingerprint density at radius 1 is 1.35 bits per heavy atom. The summed E-state index contributed by atoms with van der Waals surface area (Å²) >= 11 is 6.02. The van der Waals surface area contributed by atoms with Gasteiger partial charge < -0.3 is 4.90 Å². The van der Waals surface area contributed by atoms with Gasteiger partial charge in [0, 0.05) is 12.6 Å². The molecule has 0 radical (unpaired) electrons. The Labute approximate surface area is 123 Å². The van der Waals surface area contributed by atoms with Crippen LogP contribution in [-0.4, -0.2) is 34.6 Å². The summed E-state index contributed by atoms with van der Waals surface area (Å²) in [5.41, 5.74) is -0.140. The van der Waals surface area contributed by atoms with Crippen LogP contribution in [0.3, 0.4) is 0 Å². The molecule has 112 valence electrons. The zero-order valence-corrected chi connectivity index (χ0v) is 13.2. The quantitative estimate of drug-likeness (QED) is 0.848. The molecule has 2 heterocycles. The van der Waals surface area contributed by atoms with Gasteiger partial charge in [-0.2, -0.15) is 0 Å². The molecule has 0 spiro atoms. The number of H-pyrrole nitrogens is 1. The van der Waals surface area contributed by atoms with Gasteiger partial charge in [0.2, 0.25) is 0 Å². The molecule has 1 N–H and O–H groups in total. The maximum atomic E-state index is 12.6. The van der Waals surface area contributed by atoms with Gasteiger partial charge in [0.15, 0.2) is 0 Å². The van der Waals surface area contributed by atoms with E-state index in [-0.39, 0.29) is 28.6 Å². The summed E-state index contributed by atoms with van der Waals surface area (Å²) in [4.78, 5) is 29.6. The highest BCUT2D eigenvalue weighted by atomic mass is 35.5. The van der Waals surface area contributed by atoms with E-state index in [1.54, 1.807) is 0 Å². The summed E-state index contributed by atoms with van der Waals surface area (Å²) in [5, 5.41) is 0.173. The fourth-order valence-corrected chi connectivity index (χ4v) is 3.44. The zero-order valence-electron chi connectivity index (χ0n) is 12.4. The van der Waals surface area contributed by atoms with Crippen molar-refractivity contribution in [2.75, 3.05) is 20.1 Å². The Hall–Kier alpha value is -1.07. The number of hydrogen-bond acceptors (Lipinski definition) is 3. The van der Waals surface area contributed by atoms with Gasteiger partial charge in [0.25, 0.3) is 5.56 Å². The minimum atomic E-state index is -0.397. The minimum absolute atomic E-state index is 0.0142. The van der Waals surface area contributed by atoms with E-state index in [1.165, 1.54) is 4.57 Å². The molecule has 2 unspecified atom stereocenters. The molecular formula is C14H22ClN3O2. The standard InChI is InChI=1S/C14H22ClN3O2/c1-8(2)11-12(15)16-14(20)18(13(11)19)10-5-6-17(4)7-9(10)3/h8-10H,5-7H2,1-4H3,(H,16,20). The molecule has 1 saturated heterocycles. The van der Waals surface area contributed by atoms with E-state index in [2.05, 4.69) is 23.9 Å². The molecule has 0 aliphatic carbocycles. The highest BCUT2D eigenvalue weighted by Gasteiger charge is 2.29. The van der Waals surface area contributed by atoms with Crippen LogP contribution in [-0.2, 0) is 0 Å². The first-order valence-corrected chi connectivity index (χ1v) is 7.43. The summed E-state index contributed by atoms with van der Waals surface area (Å²) in [5.74, 6) is 0.244. The first-order valence-electron chi connectivity index (χ1n) is 7.05. The third-order valence-electron chi connectivity index (χ3n) is 4.09. The van der Waals surface area contributed by atoms with Gasteiger partial charge >= 0.3 is 5.69 Å². The monoisotopic (exact) mass is 299 g/mol. The first-order chi connectivity index (χ1) is 9.32. The fraction of sp³-hybridized carbons (Fsp3) is 0.714. The second-order valence-corrected chi connectivity index (χ2v) is 6.46. The first kappa shape index (κ1) is 15.3. The number of likely N-dealkylation sites (tertiary alicyclic amines) is 1. The molecule has 2 rings (SSSR count). The fourth-order valence-electron chi connectivity index (χ4n) is 3.06. The maximum Gasteiger partial charge on any atom is 0.329 e. The molecule has 0 amide bonds. The normalized spacial score (nSPS) is 24.3. The number of aromatic nitrogens is 2. The summed E-state index contributed by atoms with van der Waals surface area (Å²) in [6.45, 7) is 7.67. The van der Waals surface area contributed by atoms with E-state index in [0.717, 1.165) is 19.5 Å². The molecule has 1 aliphatic rings. The molecule has 20 heavy (non-hydrogen) atoms. The van der Waals surface area contributed by atoms with Crippen molar-refractivity contribution in [2.45, 2.75) is 39.2 Å². The van der Waals surface area contributed by atoms with Crippen LogP contribution >= 0.6 is 11.6 Å². The second-order valence-electron chi connectivity index (χ2n) is 6.08. The predicted octanol–water partition coefficient (Wildman–Crippen LogP) is 1.83. The molecule has 6 heteroatoms. The van der Waals surface area contributed by atoms with Crippen molar-refractivity contribution in [2.24, 2.45) is 5.92 Å². The van der Waals surface area contributed by atoms with Gasteiger partial charge in [0.1, 0.15) is 5.15 Å². The number of halogens is 1. The molecular weight excluding hydrogens is 278 g/mol. The Kier molecular flexibility index (Phi) is 4.39. The largest absolute Gasteiger partial charge is 0.329 e. The van der Waals surface area contributed by atoms with Gasteiger partial charge in [-0.1, -0.05) is 32.4 Å². The lowest BCUT2D eigenvalue weighted by Crippen LogP contribution is -2.47. The number of rotatable bonds is 2. The highest BCUT2D eigenvalue weighted by molar-refractivity contribution is 6.30.